The molecule has 1 heterocycles. The molecular formula is C17H24FIN2. The Morgan fingerprint density at radius 2 is 2.10 bits per heavy atom. The van der Waals surface area contributed by atoms with Crippen LogP contribution in [0.4, 0.5) is 4.39 Å². The van der Waals surface area contributed by atoms with E-state index in [1.165, 1.54) is 0 Å². The van der Waals surface area contributed by atoms with Gasteiger partial charge in [0.25, 0.3) is 0 Å². The van der Waals surface area contributed by atoms with E-state index in [1.807, 2.05) is 18.2 Å². The molecule has 2 rings (SSSR count). The molecule has 116 valence electrons. The van der Waals surface area contributed by atoms with Crippen molar-refractivity contribution >= 4 is 22.6 Å². The van der Waals surface area contributed by atoms with Crippen LogP contribution in [0.3, 0.4) is 0 Å². The summed E-state index contributed by atoms with van der Waals surface area (Å²) < 4.78 is 15.4. The summed E-state index contributed by atoms with van der Waals surface area (Å²) in [5, 5.41) is 3.37. The molecule has 1 fully saturated rings. The van der Waals surface area contributed by atoms with Crippen molar-refractivity contribution in [3.63, 3.8) is 0 Å². The fourth-order valence-electron chi connectivity index (χ4n) is 2.92. The van der Waals surface area contributed by atoms with E-state index in [-0.39, 0.29) is 11.9 Å². The van der Waals surface area contributed by atoms with Crippen molar-refractivity contribution in [3.8, 4) is 0 Å². The summed E-state index contributed by atoms with van der Waals surface area (Å²) >= 11 is 2.27. The molecule has 1 saturated heterocycles. The van der Waals surface area contributed by atoms with Crippen LogP contribution in [-0.4, -0.2) is 31.1 Å². The van der Waals surface area contributed by atoms with Gasteiger partial charge < -0.3 is 5.32 Å². The number of halogens is 2. The fourth-order valence-corrected chi connectivity index (χ4v) is 3.44. The van der Waals surface area contributed by atoms with Gasteiger partial charge in [-0.1, -0.05) is 12.5 Å². The van der Waals surface area contributed by atoms with Gasteiger partial charge in [-0.05, 0) is 60.1 Å². The van der Waals surface area contributed by atoms with E-state index in [2.05, 4.69) is 39.4 Å². The summed E-state index contributed by atoms with van der Waals surface area (Å²) in [6.07, 6.45) is 6.28. The Morgan fingerprint density at radius 3 is 2.81 bits per heavy atom. The maximum absolute atomic E-state index is 14.3. The summed E-state index contributed by atoms with van der Waals surface area (Å²) in [5.74, 6) is -0.0670. The van der Waals surface area contributed by atoms with E-state index in [0.717, 1.165) is 61.0 Å². The van der Waals surface area contributed by atoms with Gasteiger partial charge in [-0.3, -0.25) is 4.90 Å². The second-order valence-corrected chi connectivity index (χ2v) is 6.79. The third-order valence-corrected chi connectivity index (χ3v) is 4.72. The van der Waals surface area contributed by atoms with E-state index < -0.39 is 0 Å². The molecule has 0 unspecified atom stereocenters. The number of nitrogens with zero attached hydrogens (tertiary/aromatic N) is 1. The van der Waals surface area contributed by atoms with Gasteiger partial charge in [-0.25, -0.2) is 4.39 Å². The lowest BCUT2D eigenvalue weighted by Gasteiger charge is -2.35. The first-order valence-corrected chi connectivity index (χ1v) is 8.81. The van der Waals surface area contributed by atoms with E-state index in [1.54, 1.807) is 6.07 Å². The first-order valence-electron chi connectivity index (χ1n) is 7.73. The summed E-state index contributed by atoms with van der Waals surface area (Å²) in [4.78, 5) is 2.43. The Bertz CT molecular complexity index is 458. The Labute approximate surface area is 140 Å². The summed E-state index contributed by atoms with van der Waals surface area (Å²) in [6.45, 7) is 7.76. The molecule has 0 saturated carbocycles. The molecule has 4 heteroatoms. The molecule has 0 spiro atoms. The maximum atomic E-state index is 14.3. The highest BCUT2D eigenvalue weighted by atomic mass is 127. The first kappa shape index (κ1) is 16.9. The fraction of sp³-hybridized carbons (Fsp3) is 0.529. The minimum atomic E-state index is -0.0670. The molecule has 1 aliphatic heterocycles. The van der Waals surface area contributed by atoms with E-state index in [9.17, 15) is 4.39 Å². The van der Waals surface area contributed by atoms with Gasteiger partial charge in [0.2, 0.25) is 0 Å². The second kappa shape index (κ2) is 8.86. The van der Waals surface area contributed by atoms with Crippen LogP contribution in [0.15, 0.2) is 30.9 Å². The molecule has 21 heavy (non-hydrogen) atoms. The lowest BCUT2D eigenvalue weighted by molar-refractivity contribution is 0.159. The van der Waals surface area contributed by atoms with Crippen LogP contribution in [0, 0.1) is 9.39 Å². The average Bonchev–Trinajstić information content (AvgIpc) is 2.51. The zero-order valence-electron chi connectivity index (χ0n) is 12.5. The number of unbranched alkanes of at least 4 members (excludes halogenated alkanes) is 2. The summed E-state index contributed by atoms with van der Waals surface area (Å²) in [7, 11) is 0. The molecule has 0 amide bonds. The van der Waals surface area contributed by atoms with E-state index >= 15 is 0 Å². The standard InChI is InChI=1S/C17H24FIN2/c1-2-3-4-5-6-17(21-11-9-20-10-12-21)15-13-14(19)7-8-16(15)18/h2,7-8,13,17,20H,1,3-6,9-12H2/t17-/m0/s1. The van der Waals surface area contributed by atoms with Crippen molar-refractivity contribution in [3.05, 3.63) is 45.8 Å². The Balaban J connectivity index is 2.13. The lowest BCUT2D eigenvalue weighted by Crippen LogP contribution is -2.45. The topological polar surface area (TPSA) is 15.3 Å². The van der Waals surface area contributed by atoms with Crippen molar-refractivity contribution in [1.29, 1.82) is 0 Å². The van der Waals surface area contributed by atoms with Crippen LogP contribution in [-0.2, 0) is 0 Å². The molecule has 1 aromatic rings. The third kappa shape index (κ3) is 5.04. The van der Waals surface area contributed by atoms with Gasteiger partial charge in [-0.2, -0.15) is 0 Å². The number of hydrogen-bond acceptors (Lipinski definition) is 2. The largest absolute Gasteiger partial charge is 0.314 e. The highest BCUT2D eigenvalue weighted by molar-refractivity contribution is 14.1. The molecule has 1 aromatic carbocycles. The van der Waals surface area contributed by atoms with E-state index in [0.29, 0.717) is 0 Å². The monoisotopic (exact) mass is 402 g/mol. The second-order valence-electron chi connectivity index (χ2n) is 5.54. The predicted molar refractivity (Wildman–Crippen MR) is 95.0 cm³/mol. The molecule has 1 atom stereocenters. The van der Waals surface area contributed by atoms with Crippen molar-refractivity contribution < 1.29 is 4.39 Å². The highest BCUT2D eigenvalue weighted by Gasteiger charge is 2.24. The maximum Gasteiger partial charge on any atom is 0.128 e. The molecule has 0 bridgehead atoms. The Morgan fingerprint density at radius 1 is 1.33 bits per heavy atom. The molecule has 1 N–H and O–H groups in total. The van der Waals surface area contributed by atoms with Crippen LogP contribution in [0.1, 0.15) is 37.3 Å². The zero-order chi connectivity index (χ0) is 15.1. The summed E-state index contributed by atoms with van der Waals surface area (Å²) in [6, 6.07) is 5.66. The number of nitrogens with one attached hydrogen (secondary N) is 1. The minimum Gasteiger partial charge on any atom is -0.314 e. The molecule has 0 radical (unpaired) electrons. The van der Waals surface area contributed by atoms with Crippen LogP contribution in [0.5, 0.6) is 0 Å². The van der Waals surface area contributed by atoms with Crippen molar-refractivity contribution in [2.45, 2.75) is 31.7 Å². The first-order chi connectivity index (χ1) is 10.2. The third-order valence-electron chi connectivity index (χ3n) is 4.05. The van der Waals surface area contributed by atoms with Gasteiger partial charge in [-0.15, -0.1) is 6.58 Å². The number of benzene rings is 1. The normalized spacial score (nSPS) is 17.6. The van der Waals surface area contributed by atoms with Crippen LogP contribution >= 0.6 is 22.6 Å². The van der Waals surface area contributed by atoms with Crippen LogP contribution < -0.4 is 5.32 Å². The molecular weight excluding hydrogens is 378 g/mol. The predicted octanol–water partition coefficient (Wildman–Crippen LogP) is 4.12. The number of piperazine rings is 1. The SMILES string of the molecule is C=CCCCC[C@@H](c1cc(I)ccc1F)N1CCNCC1. The number of hydrogen-bond donors (Lipinski definition) is 1. The van der Waals surface area contributed by atoms with Crippen LogP contribution in [0.2, 0.25) is 0 Å². The number of allylic oxidation sites excluding steroid dienone is 1. The van der Waals surface area contributed by atoms with Gasteiger partial charge in [0.1, 0.15) is 5.82 Å². The van der Waals surface area contributed by atoms with E-state index in [4.69, 9.17) is 0 Å². The zero-order valence-corrected chi connectivity index (χ0v) is 14.6. The van der Waals surface area contributed by atoms with Gasteiger partial charge in [0, 0.05) is 41.4 Å². The average molecular weight is 402 g/mol. The van der Waals surface area contributed by atoms with Crippen molar-refractivity contribution in [1.82, 2.24) is 10.2 Å². The molecule has 2 nitrogen and oxygen atoms in total. The van der Waals surface area contributed by atoms with Crippen molar-refractivity contribution in [2.75, 3.05) is 26.2 Å². The smallest absolute Gasteiger partial charge is 0.128 e. The molecule has 1 aliphatic rings. The highest BCUT2D eigenvalue weighted by Crippen LogP contribution is 2.30. The van der Waals surface area contributed by atoms with Gasteiger partial charge in [0.15, 0.2) is 0 Å². The van der Waals surface area contributed by atoms with Gasteiger partial charge in [0.05, 0.1) is 0 Å². The van der Waals surface area contributed by atoms with Crippen LogP contribution in [0.25, 0.3) is 0 Å². The number of rotatable bonds is 7. The lowest BCUT2D eigenvalue weighted by atomic mass is 9.97. The Kier molecular flexibility index (Phi) is 7.13. The molecule has 0 aliphatic carbocycles. The minimum absolute atomic E-state index is 0.0670. The summed E-state index contributed by atoms with van der Waals surface area (Å²) in [5.41, 5.74) is 0.863. The van der Waals surface area contributed by atoms with Crippen molar-refractivity contribution in [2.24, 2.45) is 0 Å². The van der Waals surface area contributed by atoms with Gasteiger partial charge >= 0.3 is 0 Å². The quantitative estimate of drug-likeness (QED) is 0.419. The molecule has 0 aromatic heterocycles. The Hall–Kier alpha value is -0.460.